The minimum atomic E-state index is -0.998. The molecule has 5 rings (SSSR count). The van der Waals surface area contributed by atoms with Crippen LogP contribution in [0, 0.1) is 17.8 Å². The molecule has 0 aromatic heterocycles. The number of phenolic OH excluding ortho intramolecular Hbond substituents is 1. The molecule has 1 saturated heterocycles. The number of carbonyl (C=O) groups is 2. The van der Waals surface area contributed by atoms with Gasteiger partial charge in [0.2, 0.25) is 0 Å². The SMILES string of the molecule is COCC1=C2[C@@H](CC/C(C)=C/c3cccc(O)c3)OB(O)C[C@@H]2[C@@H]2C(=O)c3ccccc3C(=O)[C@@H]2C1. The second-order valence-electron chi connectivity index (χ2n) is 10.1. The molecule has 3 aliphatic rings. The number of phenols is 1. The highest BCUT2D eigenvalue weighted by molar-refractivity contribution is 6.43. The first-order chi connectivity index (χ1) is 17.4. The average Bonchev–Trinajstić information content (AvgIpc) is 2.85. The Hall–Kier alpha value is -3.00. The van der Waals surface area contributed by atoms with Crippen molar-refractivity contribution in [2.24, 2.45) is 17.8 Å². The van der Waals surface area contributed by atoms with Crippen LogP contribution in [0.2, 0.25) is 6.32 Å². The third kappa shape index (κ3) is 4.59. The summed E-state index contributed by atoms with van der Waals surface area (Å²) in [5.74, 6) is -0.981. The summed E-state index contributed by atoms with van der Waals surface area (Å²) in [5.41, 5.74) is 5.05. The number of ketones is 2. The van der Waals surface area contributed by atoms with Crippen molar-refractivity contribution in [1.82, 2.24) is 0 Å². The third-order valence-electron chi connectivity index (χ3n) is 7.77. The molecule has 0 spiro atoms. The van der Waals surface area contributed by atoms with Crippen LogP contribution in [0.4, 0.5) is 0 Å². The van der Waals surface area contributed by atoms with E-state index < -0.39 is 19.0 Å². The lowest BCUT2D eigenvalue weighted by Crippen LogP contribution is -2.51. The second kappa shape index (κ2) is 10.2. The smallest absolute Gasteiger partial charge is 0.455 e. The topological polar surface area (TPSA) is 93.1 Å². The summed E-state index contributed by atoms with van der Waals surface area (Å²) in [6.45, 7) is 2.40. The lowest BCUT2D eigenvalue weighted by Gasteiger charge is -2.47. The van der Waals surface area contributed by atoms with Gasteiger partial charge >= 0.3 is 7.12 Å². The molecule has 0 radical (unpaired) electrons. The van der Waals surface area contributed by atoms with Crippen LogP contribution in [0.25, 0.3) is 6.08 Å². The van der Waals surface area contributed by atoms with E-state index in [2.05, 4.69) is 0 Å². The average molecular weight is 486 g/mol. The predicted octanol–water partition coefficient (Wildman–Crippen LogP) is 4.73. The van der Waals surface area contributed by atoms with Gasteiger partial charge in [-0.2, -0.15) is 0 Å². The number of methoxy groups -OCH3 is 1. The molecule has 1 aliphatic heterocycles. The zero-order chi connectivity index (χ0) is 25.4. The van der Waals surface area contributed by atoms with Gasteiger partial charge in [0.05, 0.1) is 12.7 Å². The van der Waals surface area contributed by atoms with Crippen molar-refractivity contribution in [1.29, 1.82) is 0 Å². The highest BCUT2D eigenvalue weighted by atomic mass is 16.5. The van der Waals surface area contributed by atoms with Crippen molar-refractivity contribution >= 4 is 24.8 Å². The fourth-order valence-electron chi connectivity index (χ4n) is 6.31. The van der Waals surface area contributed by atoms with Crippen LogP contribution in [0.15, 0.2) is 65.3 Å². The maximum atomic E-state index is 13.7. The molecule has 1 fully saturated rings. The first-order valence-electron chi connectivity index (χ1n) is 12.5. The minimum Gasteiger partial charge on any atom is -0.508 e. The van der Waals surface area contributed by atoms with Crippen LogP contribution in [0.5, 0.6) is 5.75 Å². The van der Waals surface area contributed by atoms with Gasteiger partial charge in [0.1, 0.15) is 5.75 Å². The molecule has 186 valence electrons. The summed E-state index contributed by atoms with van der Waals surface area (Å²) in [7, 11) is 0.634. The van der Waals surface area contributed by atoms with Gasteiger partial charge in [-0.15, -0.1) is 0 Å². The Bertz CT molecular complexity index is 1250. The van der Waals surface area contributed by atoms with E-state index in [1.807, 2.05) is 19.1 Å². The Morgan fingerprint density at radius 3 is 2.58 bits per heavy atom. The monoisotopic (exact) mass is 486 g/mol. The summed E-state index contributed by atoms with van der Waals surface area (Å²) >= 11 is 0. The van der Waals surface area contributed by atoms with E-state index in [9.17, 15) is 19.7 Å². The molecule has 0 bridgehead atoms. The summed E-state index contributed by atoms with van der Waals surface area (Å²) in [4.78, 5) is 27.1. The molecule has 36 heavy (non-hydrogen) atoms. The molecule has 2 aromatic carbocycles. The highest BCUT2D eigenvalue weighted by Crippen LogP contribution is 2.50. The zero-order valence-electron chi connectivity index (χ0n) is 20.6. The van der Waals surface area contributed by atoms with E-state index >= 15 is 0 Å². The van der Waals surface area contributed by atoms with Gasteiger partial charge in [-0.05, 0) is 67.3 Å². The predicted molar refractivity (Wildman–Crippen MR) is 138 cm³/mol. The van der Waals surface area contributed by atoms with Crippen LogP contribution < -0.4 is 0 Å². The number of allylic oxidation sites excluding steroid dienone is 1. The van der Waals surface area contributed by atoms with Gasteiger partial charge in [-0.3, -0.25) is 9.59 Å². The number of carbonyl (C=O) groups excluding carboxylic acids is 2. The van der Waals surface area contributed by atoms with E-state index in [0.717, 1.165) is 22.3 Å². The van der Waals surface area contributed by atoms with Crippen molar-refractivity contribution in [3.63, 3.8) is 0 Å². The quantitative estimate of drug-likeness (QED) is 0.453. The molecule has 2 aliphatic carbocycles. The van der Waals surface area contributed by atoms with Crippen LogP contribution in [0.1, 0.15) is 52.5 Å². The zero-order valence-corrected chi connectivity index (χ0v) is 20.6. The number of aromatic hydroxyl groups is 1. The normalized spacial score (nSPS) is 26.0. The lowest BCUT2D eigenvalue weighted by atomic mass is 9.54. The summed E-state index contributed by atoms with van der Waals surface area (Å²) in [6.07, 6.45) is 3.77. The highest BCUT2D eigenvalue weighted by Gasteiger charge is 2.53. The van der Waals surface area contributed by atoms with Crippen molar-refractivity contribution in [2.75, 3.05) is 13.7 Å². The lowest BCUT2D eigenvalue weighted by molar-refractivity contribution is 0.0584. The Morgan fingerprint density at radius 1 is 1.11 bits per heavy atom. The van der Waals surface area contributed by atoms with Crippen LogP contribution in [0.3, 0.4) is 0 Å². The molecular formula is C29H31BO6. The molecule has 2 aromatic rings. The van der Waals surface area contributed by atoms with E-state index in [1.165, 1.54) is 0 Å². The van der Waals surface area contributed by atoms with Crippen molar-refractivity contribution in [3.8, 4) is 5.75 Å². The number of hydrogen-bond acceptors (Lipinski definition) is 6. The summed E-state index contributed by atoms with van der Waals surface area (Å²) in [6, 6.07) is 14.2. The third-order valence-corrected chi connectivity index (χ3v) is 7.77. The molecule has 0 saturated carbocycles. The number of rotatable bonds is 6. The van der Waals surface area contributed by atoms with Crippen molar-refractivity contribution < 1.29 is 29.1 Å². The largest absolute Gasteiger partial charge is 0.508 e. The summed E-state index contributed by atoms with van der Waals surface area (Å²) in [5, 5.41) is 20.4. The first-order valence-corrected chi connectivity index (χ1v) is 12.5. The molecule has 0 unspecified atom stereocenters. The number of ether oxygens (including phenoxy) is 1. The Morgan fingerprint density at radius 2 is 1.86 bits per heavy atom. The molecule has 1 heterocycles. The van der Waals surface area contributed by atoms with Gasteiger partial charge in [0.15, 0.2) is 11.6 Å². The number of hydrogen-bond donors (Lipinski definition) is 2. The number of benzene rings is 2. The van der Waals surface area contributed by atoms with Gasteiger partial charge in [-0.25, -0.2) is 0 Å². The fourth-order valence-corrected chi connectivity index (χ4v) is 6.31. The van der Waals surface area contributed by atoms with Crippen molar-refractivity contribution in [2.45, 2.75) is 38.6 Å². The van der Waals surface area contributed by atoms with Crippen LogP contribution in [-0.2, 0) is 9.39 Å². The van der Waals surface area contributed by atoms with Crippen LogP contribution >= 0.6 is 0 Å². The minimum absolute atomic E-state index is 0.00489. The van der Waals surface area contributed by atoms with E-state index in [1.54, 1.807) is 49.6 Å². The number of fused-ring (bicyclic) bond motifs is 4. The van der Waals surface area contributed by atoms with Crippen LogP contribution in [-0.4, -0.2) is 48.6 Å². The van der Waals surface area contributed by atoms with E-state index in [0.29, 0.717) is 43.3 Å². The van der Waals surface area contributed by atoms with Gasteiger partial charge in [0, 0.05) is 30.1 Å². The maximum Gasteiger partial charge on any atom is 0.455 e. The van der Waals surface area contributed by atoms with E-state index in [4.69, 9.17) is 9.39 Å². The van der Waals surface area contributed by atoms with Crippen molar-refractivity contribution in [3.05, 3.63) is 81.9 Å². The second-order valence-corrected chi connectivity index (χ2v) is 10.1. The molecule has 4 atom stereocenters. The molecule has 0 amide bonds. The fraction of sp³-hybridized carbons (Fsp3) is 0.379. The Balaban J connectivity index is 1.46. The van der Waals surface area contributed by atoms with Gasteiger partial charge in [0.25, 0.3) is 0 Å². The molecular weight excluding hydrogens is 455 g/mol. The molecule has 6 nitrogen and oxygen atoms in total. The van der Waals surface area contributed by atoms with E-state index in [-0.39, 0.29) is 29.3 Å². The van der Waals surface area contributed by atoms with Gasteiger partial charge in [-0.1, -0.05) is 48.0 Å². The Kier molecular flexibility index (Phi) is 6.97. The number of Topliss-reactive ketones (excluding diaryl/α,β-unsaturated/α-hetero) is 2. The summed E-state index contributed by atoms with van der Waals surface area (Å²) < 4.78 is 11.6. The maximum absolute atomic E-state index is 13.7. The Labute approximate surface area is 211 Å². The van der Waals surface area contributed by atoms with Gasteiger partial charge < -0.3 is 19.5 Å². The first kappa shape index (κ1) is 24.7. The molecule has 2 N–H and O–H groups in total. The molecule has 7 heteroatoms. The standard InChI is InChI=1S/C29H31BO6/c1-17(12-18-6-5-7-20(31)13-18)10-11-25-26-19(16-35-2)14-23-27(24(26)15-30(34)36-25)29(33)22-9-4-3-8-21(22)28(23)32/h3-9,12-13,23-25,27,31,34H,10-11,14-16H2,1-2H3/b17-12+/t23-,24+,25-,27-/m1/s1.